The number of fused-ring (bicyclic) bond motifs is 1. The number of H-pyrrole nitrogens is 1. The summed E-state index contributed by atoms with van der Waals surface area (Å²) in [6, 6.07) is 11.8. The van der Waals surface area contributed by atoms with Gasteiger partial charge in [-0.25, -0.2) is 0 Å². The third kappa shape index (κ3) is 5.36. The highest BCUT2D eigenvalue weighted by Gasteiger charge is 2.31. The molecule has 2 aromatic carbocycles. The number of amides is 2. The normalized spacial score (nSPS) is 13.5. The minimum Gasteiger partial charge on any atom is -0.347 e. The molecule has 6 nitrogen and oxygen atoms in total. The summed E-state index contributed by atoms with van der Waals surface area (Å²) in [6.07, 6.45) is -3.75. The quantitative estimate of drug-likeness (QED) is 0.581. The van der Waals surface area contributed by atoms with Crippen LogP contribution in [-0.4, -0.2) is 33.5 Å². The topological polar surface area (TPSA) is 78.1 Å². The lowest BCUT2D eigenvalue weighted by Gasteiger charge is -2.27. The Labute approximate surface area is 192 Å². The molecule has 172 valence electrons. The minimum absolute atomic E-state index is 0.0815. The number of rotatable bonds is 5. The summed E-state index contributed by atoms with van der Waals surface area (Å²) in [4.78, 5) is 27.1. The number of alkyl halides is 3. The summed E-state index contributed by atoms with van der Waals surface area (Å²) in [5.74, 6) is -0.617. The van der Waals surface area contributed by atoms with Gasteiger partial charge in [0.15, 0.2) is 5.69 Å². The van der Waals surface area contributed by atoms with E-state index in [-0.39, 0.29) is 31.1 Å². The van der Waals surface area contributed by atoms with Crippen molar-refractivity contribution < 1.29 is 22.8 Å². The number of benzene rings is 2. The van der Waals surface area contributed by atoms with Crippen molar-refractivity contribution in [2.75, 3.05) is 6.54 Å². The molecule has 0 unspecified atom stereocenters. The fraction of sp³-hybridized carbons (Fsp3) is 0.261. The van der Waals surface area contributed by atoms with E-state index in [9.17, 15) is 22.8 Å². The van der Waals surface area contributed by atoms with Crippen LogP contribution in [0.2, 0.25) is 5.02 Å². The lowest BCUT2D eigenvalue weighted by atomic mass is 10.0. The van der Waals surface area contributed by atoms with Crippen LogP contribution in [0.5, 0.6) is 0 Å². The molecule has 2 heterocycles. The summed E-state index contributed by atoms with van der Waals surface area (Å²) in [7, 11) is 0. The van der Waals surface area contributed by atoms with Gasteiger partial charge in [0.2, 0.25) is 5.91 Å². The Morgan fingerprint density at radius 1 is 1.12 bits per heavy atom. The molecule has 1 aromatic heterocycles. The zero-order valence-corrected chi connectivity index (χ0v) is 18.1. The van der Waals surface area contributed by atoms with Crippen LogP contribution < -0.4 is 5.32 Å². The smallest absolute Gasteiger partial charge is 0.347 e. The Balaban J connectivity index is 1.42. The summed E-state index contributed by atoms with van der Waals surface area (Å²) in [5, 5.41) is 10.1. The van der Waals surface area contributed by atoms with Crippen molar-refractivity contribution in [3.05, 3.63) is 87.2 Å². The standard InChI is InChI=1S/C23H20ClF3N4O2/c24-17-6-2-3-14(10-17)11-20(32)31-8-7-19-18(13-31)21(30-29-19)22(33)28-12-15-4-1-5-16(9-15)23(25,26)27/h1-6,9-10H,7-8,11-13H2,(H,28,33)(H,29,30). The lowest BCUT2D eigenvalue weighted by Crippen LogP contribution is -2.37. The van der Waals surface area contributed by atoms with Gasteiger partial charge in [-0.2, -0.15) is 18.3 Å². The first-order chi connectivity index (χ1) is 15.7. The summed E-state index contributed by atoms with van der Waals surface area (Å²) in [5.41, 5.74) is 1.86. The van der Waals surface area contributed by atoms with Gasteiger partial charge in [-0.1, -0.05) is 35.9 Å². The molecular weight excluding hydrogens is 457 g/mol. The van der Waals surface area contributed by atoms with E-state index in [1.54, 1.807) is 23.1 Å². The number of halogens is 4. The van der Waals surface area contributed by atoms with Crippen molar-refractivity contribution in [2.24, 2.45) is 0 Å². The van der Waals surface area contributed by atoms with E-state index in [1.807, 2.05) is 6.07 Å². The monoisotopic (exact) mass is 476 g/mol. The molecule has 0 atom stereocenters. The summed E-state index contributed by atoms with van der Waals surface area (Å²) >= 11 is 5.99. The molecule has 4 rings (SSSR count). The van der Waals surface area contributed by atoms with Crippen molar-refractivity contribution in [2.45, 2.75) is 32.1 Å². The van der Waals surface area contributed by atoms with Gasteiger partial charge in [0.25, 0.3) is 5.91 Å². The third-order valence-electron chi connectivity index (χ3n) is 5.45. The number of aromatic nitrogens is 2. The van der Waals surface area contributed by atoms with Crippen LogP contribution in [-0.2, 0) is 36.9 Å². The van der Waals surface area contributed by atoms with E-state index in [0.29, 0.717) is 29.1 Å². The molecule has 0 spiro atoms. The van der Waals surface area contributed by atoms with Crippen LogP contribution in [0.1, 0.15) is 38.4 Å². The van der Waals surface area contributed by atoms with E-state index in [4.69, 9.17) is 11.6 Å². The van der Waals surface area contributed by atoms with Gasteiger partial charge < -0.3 is 10.2 Å². The van der Waals surface area contributed by atoms with Crippen molar-refractivity contribution in [3.8, 4) is 0 Å². The highest BCUT2D eigenvalue weighted by molar-refractivity contribution is 6.30. The predicted molar refractivity (Wildman–Crippen MR) is 115 cm³/mol. The fourth-order valence-electron chi connectivity index (χ4n) is 3.75. The largest absolute Gasteiger partial charge is 0.416 e. The molecular formula is C23H20ClF3N4O2. The second-order valence-corrected chi connectivity index (χ2v) is 8.22. The van der Waals surface area contributed by atoms with E-state index < -0.39 is 17.6 Å². The van der Waals surface area contributed by atoms with E-state index in [2.05, 4.69) is 15.5 Å². The average Bonchev–Trinajstić information content (AvgIpc) is 3.20. The zero-order chi connectivity index (χ0) is 23.6. The Morgan fingerprint density at radius 3 is 2.64 bits per heavy atom. The molecule has 33 heavy (non-hydrogen) atoms. The molecule has 0 saturated heterocycles. The number of hydrogen-bond donors (Lipinski definition) is 2. The van der Waals surface area contributed by atoms with Gasteiger partial charge in [0, 0.05) is 42.3 Å². The summed E-state index contributed by atoms with van der Waals surface area (Å²) < 4.78 is 38.7. The molecule has 3 aromatic rings. The number of nitrogens with one attached hydrogen (secondary N) is 2. The third-order valence-corrected chi connectivity index (χ3v) is 5.69. The highest BCUT2D eigenvalue weighted by Crippen LogP contribution is 2.29. The molecule has 0 saturated carbocycles. The van der Waals surface area contributed by atoms with E-state index >= 15 is 0 Å². The van der Waals surface area contributed by atoms with E-state index in [1.165, 1.54) is 12.1 Å². The van der Waals surface area contributed by atoms with Crippen molar-refractivity contribution in [1.29, 1.82) is 0 Å². The summed E-state index contributed by atoms with van der Waals surface area (Å²) in [6.45, 7) is 0.624. The van der Waals surface area contributed by atoms with Crippen LogP contribution in [0.15, 0.2) is 48.5 Å². The second-order valence-electron chi connectivity index (χ2n) is 7.78. The van der Waals surface area contributed by atoms with Crippen LogP contribution >= 0.6 is 11.6 Å². The molecule has 0 fully saturated rings. The fourth-order valence-corrected chi connectivity index (χ4v) is 3.97. The molecule has 1 aliphatic rings. The Bertz CT molecular complexity index is 1190. The van der Waals surface area contributed by atoms with Gasteiger partial charge >= 0.3 is 6.18 Å². The van der Waals surface area contributed by atoms with Gasteiger partial charge in [-0.15, -0.1) is 0 Å². The molecule has 0 radical (unpaired) electrons. The van der Waals surface area contributed by atoms with Gasteiger partial charge in [-0.05, 0) is 35.4 Å². The number of aromatic amines is 1. The molecule has 2 N–H and O–H groups in total. The van der Waals surface area contributed by atoms with Crippen LogP contribution in [0.4, 0.5) is 13.2 Å². The van der Waals surface area contributed by atoms with Crippen LogP contribution in [0.25, 0.3) is 0 Å². The maximum absolute atomic E-state index is 12.9. The molecule has 0 bridgehead atoms. The van der Waals surface area contributed by atoms with Gasteiger partial charge in [0.05, 0.1) is 12.0 Å². The first-order valence-corrected chi connectivity index (χ1v) is 10.6. The first kappa shape index (κ1) is 22.8. The van der Waals surface area contributed by atoms with Gasteiger partial charge in [-0.3, -0.25) is 14.7 Å². The highest BCUT2D eigenvalue weighted by atomic mass is 35.5. The molecule has 0 aliphatic carbocycles. The number of carbonyl (C=O) groups excluding carboxylic acids is 2. The average molecular weight is 477 g/mol. The molecule has 1 aliphatic heterocycles. The Morgan fingerprint density at radius 2 is 1.88 bits per heavy atom. The first-order valence-electron chi connectivity index (χ1n) is 10.2. The zero-order valence-electron chi connectivity index (χ0n) is 17.4. The Hall–Kier alpha value is -3.33. The number of hydrogen-bond acceptors (Lipinski definition) is 3. The second kappa shape index (κ2) is 9.27. The lowest BCUT2D eigenvalue weighted by molar-refractivity contribution is -0.137. The number of nitrogens with zero attached hydrogens (tertiary/aromatic N) is 2. The Kier molecular flexibility index (Phi) is 6.42. The van der Waals surface area contributed by atoms with Crippen molar-refractivity contribution >= 4 is 23.4 Å². The van der Waals surface area contributed by atoms with Crippen molar-refractivity contribution in [3.63, 3.8) is 0 Å². The molecule has 2 amide bonds. The van der Waals surface area contributed by atoms with Crippen LogP contribution in [0.3, 0.4) is 0 Å². The number of carbonyl (C=O) groups is 2. The maximum Gasteiger partial charge on any atom is 0.416 e. The van der Waals surface area contributed by atoms with E-state index in [0.717, 1.165) is 23.4 Å². The van der Waals surface area contributed by atoms with Crippen LogP contribution in [0, 0.1) is 0 Å². The minimum atomic E-state index is -4.46. The van der Waals surface area contributed by atoms with Gasteiger partial charge in [0.1, 0.15) is 0 Å². The molecule has 10 heteroatoms. The maximum atomic E-state index is 12.9. The predicted octanol–water partition coefficient (Wildman–Crippen LogP) is 4.14. The SMILES string of the molecule is O=C(NCc1cccc(C(F)(F)F)c1)c1n[nH]c2c1CN(C(=O)Cc1cccc(Cl)c1)CC2. The van der Waals surface area contributed by atoms with Crippen molar-refractivity contribution in [1.82, 2.24) is 20.4 Å².